The number of carbonyl (C=O) groups excluding carboxylic acids is 1. The number of likely N-dealkylation sites (tertiary alicyclic amines) is 1. The second-order valence-corrected chi connectivity index (χ2v) is 7.04. The summed E-state index contributed by atoms with van der Waals surface area (Å²) in [5.41, 5.74) is 3.78. The van der Waals surface area contributed by atoms with E-state index in [1.165, 1.54) is 0 Å². The average molecular weight is 382 g/mol. The van der Waals surface area contributed by atoms with Crippen molar-refractivity contribution in [2.45, 2.75) is 5.92 Å². The van der Waals surface area contributed by atoms with Gasteiger partial charge in [-0.2, -0.15) is 4.98 Å². The van der Waals surface area contributed by atoms with Crippen LogP contribution in [0.3, 0.4) is 0 Å². The third kappa shape index (κ3) is 3.40. The number of nitrogens with zero attached hydrogens (tertiary/aromatic N) is 4. The zero-order valence-corrected chi connectivity index (χ0v) is 15.6. The minimum atomic E-state index is 0.0229. The molecule has 2 aromatic heterocycles. The Hall–Kier alpha value is -3.80. The molecule has 1 amide bonds. The largest absolute Gasteiger partial charge is 0.339 e. The van der Waals surface area contributed by atoms with Crippen molar-refractivity contribution in [3.8, 4) is 22.5 Å². The molecule has 142 valence electrons. The highest BCUT2D eigenvalue weighted by molar-refractivity contribution is 5.95. The van der Waals surface area contributed by atoms with E-state index >= 15 is 0 Å². The van der Waals surface area contributed by atoms with Crippen LogP contribution in [0.1, 0.15) is 22.2 Å². The number of rotatable bonds is 4. The van der Waals surface area contributed by atoms with Crippen molar-refractivity contribution in [2.75, 3.05) is 13.1 Å². The van der Waals surface area contributed by atoms with Gasteiger partial charge in [-0.15, -0.1) is 0 Å². The first-order valence-corrected chi connectivity index (χ1v) is 9.47. The number of hydrogen-bond acceptors (Lipinski definition) is 5. The molecule has 29 heavy (non-hydrogen) atoms. The molecule has 0 atom stereocenters. The van der Waals surface area contributed by atoms with E-state index < -0.39 is 0 Å². The molecule has 0 spiro atoms. The van der Waals surface area contributed by atoms with Crippen molar-refractivity contribution >= 4 is 5.91 Å². The Morgan fingerprint density at radius 2 is 1.55 bits per heavy atom. The molecule has 0 saturated carbocycles. The Balaban J connectivity index is 1.23. The van der Waals surface area contributed by atoms with Crippen LogP contribution in [0.2, 0.25) is 0 Å². The maximum atomic E-state index is 12.7. The molecule has 0 unspecified atom stereocenters. The summed E-state index contributed by atoms with van der Waals surface area (Å²) in [5.74, 6) is 1.21. The molecule has 0 N–H and O–H groups in total. The molecule has 1 saturated heterocycles. The van der Waals surface area contributed by atoms with Gasteiger partial charge in [0.05, 0.1) is 5.92 Å². The lowest BCUT2D eigenvalue weighted by atomic mass is 9.98. The molecule has 1 aliphatic rings. The summed E-state index contributed by atoms with van der Waals surface area (Å²) >= 11 is 0. The first kappa shape index (κ1) is 17.3. The fourth-order valence-electron chi connectivity index (χ4n) is 3.44. The SMILES string of the molecule is O=C(c1ccc(-c2ccccc2)cc1)N1CC(c2nc(-c3ccncc3)no2)C1. The molecular weight excluding hydrogens is 364 g/mol. The quantitative estimate of drug-likeness (QED) is 0.533. The van der Waals surface area contributed by atoms with Gasteiger partial charge in [0.15, 0.2) is 0 Å². The van der Waals surface area contributed by atoms with Gasteiger partial charge in [-0.3, -0.25) is 9.78 Å². The fourth-order valence-corrected chi connectivity index (χ4v) is 3.44. The molecule has 1 fully saturated rings. The standard InChI is InChI=1S/C23H18N4O2/c28-23(19-8-6-17(7-9-19)16-4-2-1-3-5-16)27-14-20(15-27)22-25-21(26-29-22)18-10-12-24-13-11-18/h1-13,20H,14-15H2. The third-order valence-corrected chi connectivity index (χ3v) is 5.14. The second kappa shape index (κ2) is 7.31. The predicted octanol–water partition coefficient (Wildman–Crippen LogP) is 4.04. The van der Waals surface area contributed by atoms with Crippen molar-refractivity contribution in [1.82, 2.24) is 20.0 Å². The minimum absolute atomic E-state index is 0.0229. The second-order valence-electron chi connectivity index (χ2n) is 7.04. The zero-order valence-electron chi connectivity index (χ0n) is 15.6. The van der Waals surface area contributed by atoms with Crippen LogP contribution in [0.25, 0.3) is 22.5 Å². The van der Waals surface area contributed by atoms with Crippen LogP contribution in [0.4, 0.5) is 0 Å². The van der Waals surface area contributed by atoms with E-state index in [-0.39, 0.29) is 11.8 Å². The lowest BCUT2D eigenvalue weighted by molar-refractivity contribution is 0.0569. The Kier molecular flexibility index (Phi) is 4.37. The van der Waals surface area contributed by atoms with Crippen LogP contribution in [-0.2, 0) is 0 Å². The van der Waals surface area contributed by atoms with Gasteiger partial charge in [-0.1, -0.05) is 47.6 Å². The van der Waals surface area contributed by atoms with Crippen molar-refractivity contribution in [3.05, 3.63) is 90.6 Å². The zero-order chi connectivity index (χ0) is 19.6. The molecule has 0 bridgehead atoms. The van der Waals surface area contributed by atoms with E-state index in [1.54, 1.807) is 17.3 Å². The van der Waals surface area contributed by atoms with Gasteiger partial charge < -0.3 is 9.42 Å². The van der Waals surface area contributed by atoms with E-state index in [0.29, 0.717) is 30.4 Å². The molecule has 3 heterocycles. The predicted molar refractivity (Wildman–Crippen MR) is 108 cm³/mol. The average Bonchev–Trinajstić information content (AvgIpc) is 3.24. The molecule has 6 heteroatoms. The van der Waals surface area contributed by atoms with Gasteiger partial charge in [-0.25, -0.2) is 0 Å². The fraction of sp³-hybridized carbons (Fsp3) is 0.130. The highest BCUT2D eigenvalue weighted by Crippen LogP contribution is 2.29. The van der Waals surface area contributed by atoms with Gasteiger partial charge in [0.2, 0.25) is 11.7 Å². The molecular formula is C23H18N4O2. The van der Waals surface area contributed by atoms with E-state index in [1.807, 2.05) is 54.6 Å². The third-order valence-electron chi connectivity index (χ3n) is 5.14. The van der Waals surface area contributed by atoms with Crippen molar-refractivity contribution in [2.24, 2.45) is 0 Å². The molecule has 4 aromatic rings. The molecule has 2 aromatic carbocycles. The summed E-state index contributed by atoms with van der Waals surface area (Å²) in [6.45, 7) is 1.16. The first-order chi connectivity index (χ1) is 14.3. The van der Waals surface area contributed by atoms with Crippen LogP contribution in [0, 0.1) is 0 Å². The van der Waals surface area contributed by atoms with E-state index in [0.717, 1.165) is 16.7 Å². The molecule has 6 nitrogen and oxygen atoms in total. The number of benzene rings is 2. The summed E-state index contributed by atoms with van der Waals surface area (Å²) in [7, 11) is 0. The maximum absolute atomic E-state index is 12.7. The van der Waals surface area contributed by atoms with Crippen molar-refractivity contribution in [1.29, 1.82) is 0 Å². The van der Waals surface area contributed by atoms with E-state index in [4.69, 9.17) is 4.52 Å². The van der Waals surface area contributed by atoms with E-state index in [2.05, 4.69) is 27.3 Å². The van der Waals surface area contributed by atoms with Crippen molar-refractivity contribution in [3.63, 3.8) is 0 Å². The van der Waals surface area contributed by atoms with E-state index in [9.17, 15) is 4.79 Å². The van der Waals surface area contributed by atoms with Crippen LogP contribution in [0.5, 0.6) is 0 Å². The molecule has 0 aliphatic carbocycles. The Labute approximate surface area is 167 Å². The number of carbonyl (C=O) groups is 1. The topological polar surface area (TPSA) is 72.1 Å². The van der Waals surface area contributed by atoms with Gasteiger partial charge in [0.1, 0.15) is 0 Å². The van der Waals surface area contributed by atoms with Crippen molar-refractivity contribution < 1.29 is 9.32 Å². The summed E-state index contributed by atoms with van der Waals surface area (Å²) in [5, 5.41) is 4.04. The lowest BCUT2D eigenvalue weighted by Gasteiger charge is -2.37. The number of hydrogen-bond donors (Lipinski definition) is 0. The number of amides is 1. The molecule has 0 radical (unpaired) electrons. The Morgan fingerprint density at radius 1 is 0.862 bits per heavy atom. The van der Waals surface area contributed by atoms with Gasteiger partial charge in [0, 0.05) is 36.6 Å². The number of aromatic nitrogens is 3. The highest BCUT2D eigenvalue weighted by Gasteiger charge is 2.36. The summed E-state index contributed by atoms with van der Waals surface area (Å²) in [4.78, 5) is 23.0. The first-order valence-electron chi connectivity index (χ1n) is 9.47. The lowest BCUT2D eigenvalue weighted by Crippen LogP contribution is -2.48. The van der Waals surface area contributed by atoms with Gasteiger partial charge in [0.25, 0.3) is 5.91 Å². The molecule has 5 rings (SSSR count). The maximum Gasteiger partial charge on any atom is 0.253 e. The smallest absolute Gasteiger partial charge is 0.253 e. The van der Waals surface area contributed by atoms with Crippen LogP contribution < -0.4 is 0 Å². The minimum Gasteiger partial charge on any atom is -0.339 e. The van der Waals surface area contributed by atoms with Crippen LogP contribution in [-0.4, -0.2) is 39.0 Å². The summed E-state index contributed by atoms with van der Waals surface area (Å²) in [6, 6.07) is 21.5. The number of pyridine rings is 1. The normalized spacial score (nSPS) is 13.9. The Bertz CT molecular complexity index is 1120. The summed E-state index contributed by atoms with van der Waals surface area (Å²) < 4.78 is 5.40. The van der Waals surface area contributed by atoms with Gasteiger partial charge in [-0.05, 0) is 35.4 Å². The van der Waals surface area contributed by atoms with Crippen LogP contribution in [0.15, 0.2) is 83.6 Å². The summed E-state index contributed by atoms with van der Waals surface area (Å²) in [6.07, 6.45) is 3.39. The monoisotopic (exact) mass is 382 g/mol. The highest BCUT2D eigenvalue weighted by atomic mass is 16.5. The van der Waals surface area contributed by atoms with Gasteiger partial charge >= 0.3 is 0 Å². The molecule has 1 aliphatic heterocycles. The Morgan fingerprint density at radius 3 is 2.28 bits per heavy atom. The van der Waals surface area contributed by atoms with Crippen LogP contribution >= 0.6 is 0 Å².